The maximum atomic E-state index is 13.9. The van der Waals surface area contributed by atoms with Crippen molar-refractivity contribution < 1.29 is 22.0 Å². The zero-order valence-electron chi connectivity index (χ0n) is 10.8. The fraction of sp³-hybridized carbons (Fsp3) is 0.0714. The van der Waals surface area contributed by atoms with E-state index < -0.39 is 29.3 Å². The highest BCUT2D eigenvalue weighted by molar-refractivity contribution is 5.72. The number of para-hydroxylation sites is 2. The standard InChI is InChI=1S/C14H7F4N3O/c15-8-5-6-10(9(16)7-8)20-21-14(17,18)13-19-11-3-1-2-4-12(11)22-13/h1-7H. The maximum Gasteiger partial charge on any atom is 0.436 e. The van der Waals surface area contributed by atoms with Crippen molar-refractivity contribution in [3.63, 3.8) is 0 Å². The Hall–Kier alpha value is -2.77. The van der Waals surface area contributed by atoms with Crippen molar-refractivity contribution in [1.82, 2.24) is 4.98 Å². The van der Waals surface area contributed by atoms with Gasteiger partial charge in [-0.15, -0.1) is 10.2 Å². The number of hydrogen-bond acceptors (Lipinski definition) is 4. The third kappa shape index (κ3) is 2.67. The van der Waals surface area contributed by atoms with Crippen LogP contribution in [0.25, 0.3) is 11.1 Å². The van der Waals surface area contributed by atoms with Crippen LogP contribution < -0.4 is 0 Å². The molecule has 3 aromatic rings. The number of alkyl halides is 2. The molecule has 112 valence electrons. The Morgan fingerprint density at radius 3 is 2.55 bits per heavy atom. The molecule has 1 heterocycles. The van der Waals surface area contributed by atoms with Gasteiger partial charge < -0.3 is 4.42 Å². The van der Waals surface area contributed by atoms with Crippen LogP contribution in [0.15, 0.2) is 57.1 Å². The predicted octanol–water partition coefficient (Wildman–Crippen LogP) is 4.94. The summed E-state index contributed by atoms with van der Waals surface area (Å²) in [6.07, 6.45) is 0. The van der Waals surface area contributed by atoms with Gasteiger partial charge in [0.15, 0.2) is 11.4 Å². The lowest BCUT2D eigenvalue weighted by atomic mass is 10.3. The molecule has 2 aromatic carbocycles. The number of oxazole rings is 1. The van der Waals surface area contributed by atoms with Crippen LogP contribution in [-0.2, 0) is 6.05 Å². The molecular weight excluding hydrogens is 302 g/mol. The summed E-state index contributed by atoms with van der Waals surface area (Å²) in [6, 6.07) is 4.61. The van der Waals surface area contributed by atoms with Gasteiger partial charge in [-0.2, -0.15) is 8.78 Å². The van der Waals surface area contributed by atoms with Crippen molar-refractivity contribution in [2.75, 3.05) is 0 Å². The van der Waals surface area contributed by atoms with Crippen molar-refractivity contribution in [3.05, 3.63) is 60.0 Å². The molecule has 0 aliphatic rings. The van der Waals surface area contributed by atoms with E-state index in [-0.39, 0.29) is 11.1 Å². The lowest BCUT2D eigenvalue weighted by molar-refractivity contribution is -0.0272. The molecule has 0 spiro atoms. The summed E-state index contributed by atoms with van der Waals surface area (Å²) in [5.41, 5.74) is -0.113. The lowest BCUT2D eigenvalue weighted by Crippen LogP contribution is -2.09. The van der Waals surface area contributed by atoms with Crippen molar-refractivity contribution in [1.29, 1.82) is 0 Å². The van der Waals surface area contributed by atoms with E-state index in [2.05, 4.69) is 15.2 Å². The molecule has 0 radical (unpaired) electrons. The molecule has 0 saturated heterocycles. The van der Waals surface area contributed by atoms with Crippen molar-refractivity contribution in [2.45, 2.75) is 6.05 Å². The zero-order chi connectivity index (χ0) is 15.7. The molecule has 0 aliphatic heterocycles. The Balaban J connectivity index is 1.93. The van der Waals surface area contributed by atoms with E-state index in [0.717, 1.165) is 12.1 Å². The fourth-order valence-electron chi connectivity index (χ4n) is 1.72. The monoisotopic (exact) mass is 309 g/mol. The summed E-state index contributed by atoms with van der Waals surface area (Å²) >= 11 is 0. The third-order valence-corrected chi connectivity index (χ3v) is 2.74. The van der Waals surface area contributed by atoms with Crippen molar-refractivity contribution in [3.8, 4) is 0 Å². The van der Waals surface area contributed by atoms with Crippen LogP contribution in [0.4, 0.5) is 23.2 Å². The van der Waals surface area contributed by atoms with Crippen LogP contribution in [0.5, 0.6) is 0 Å². The Kier molecular flexibility index (Phi) is 3.36. The minimum atomic E-state index is -3.88. The van der Waals surface area contributed by atoms with E-state index in [1.54, 1.807) is 12.1 Å². The van der Waals surface area contributed by atoms with E-state index in [0.29, 0.717) is 6.07 Å². The second kappa shape index (κ2) is 5.21. The van der Waals surface area contributed by atoms with Crippen LogP contribution in [0.2, 0.25) is 0 Å². The largest absolute Gasteiger partial charge is 0.436 e. The van der Waals surface area contributed by atoms with Gasteiger partial charge in [0, 0.05) is 6.07 Å². The summed E-state index contributed by atoms with van der Waals surface area (Å²) < 4.78 is 58.7. The molecule has 8 heteroatoms. The van der Waals surface area contributed by atoms with Gasteiger partial charge in [0.1, 0.15) is 17.0 Å². The fourth-order valence-corrected chi connectivity index (χ4v) is 1.72. The molecular formula is C14H7F4N3O. The molecule has 22 heavy (non-hydrogen) atoms. The summed E-state index contributed by atoms with van der Waals surface area (Å²) in [7, 11) is 0. The second-order valence-corrected chi connectivity index (χ2v) is 4.32. The lowest BCUT2D eigenvalue weighted by Gasteiger charge is -2.04. The Bertz CT molecular complexity index is 827. The highest BCUT2D eigenvalue weighted by Gasteiger charge is 2.38. The second-order valence-electron chi connectivity index (χ2n) is 4.32. The van der Waals surface area contributed by atoms with E-state index in [1.807, 2.05) is 0 Å². The molecule has 1 aromatic heterocycles. The van der Waals surface area contributed by atoms with Crippen molar-refractivity contribution >= 4 is 16.8 Å². The third-order valence-electron chi connectivity index (χ3n) is 2.74. The molecule has 0 fully saturated rings. The smallest absolute Gasteiger partial charge is 0.433 e. The minimum absolute atomic E-state index is 0.167. The van der Waals surface area contributed by atoms with E-state index in [4.69, 9.17) is 4.42 Å². The highest BCUT2D eigenvalue weighted by atomic mass is 19.3. The summed E-state index contributed by atoms with van der Waals surface area (Å²) in [6.45, 7) is 0. The van der Waals surface area contributed by atoms with Gasteiger partial charge in [0.05, 0.1) is 0 Å². The first-order valence-electron chi connectivity index (χ1n) is 6.07. The molecule has 0 atom stereocenters. The number of benzene rings is 2. The van der Waals surface area contributed by atoms with Crippen LogP contribution >= 0.6 is 0 Å². The predicted molar refractivity (Wildman–Crippen MR) is 68.8 cm³/mol. The van der Waals surface area contributed by atoms with Gasteiger partial charge in [-0.05, 0) is 24.3 Å². The SMILES string of the molecule is Fc1ccc(N=NC(F)(F)c2nc3ccccc3o2)c(F)c1. The average molecular weight is 309 g/mol. The normalized spacial score (nSPS) is 12.4. The van der Waals surface area contributed by atoms with Crippen LogP contribution in [-0.4, -0.2) is 4.98 Å². The highest BCUT2D eigenvalue weighted by Crippen LogP contribution is 2.33. The summed E-state index contributed by atoms with van der Waals surface area (Å²) in [5.74, 6) is -2.90. The number of azo groups is 1. The molecule has 0 unspecified atom stereocenters. The molecule has 3 rings (SSSR count). The number of nitrogens with zero attached hydrogens (tertiary/aromatic N) is 3. The molecule has 0 aliphatic carbocycles. The van der Waals surface area contributed by atoms with Crippen LogP contribution in [0.1, 0.15) is 5.89 Å². The number of halogens is 4. The van der Waals surface area contributed by atoms with Crippen molar-refractivity contribution in [2.24, 2.45) is 10.2 Å². The molecule has 0 saturated carbocycles. The first kappa shape index (κ1) is 14.2. The van der Waals surface area contributed by atoms with Gasteiger partial charge in [0.2, 0.25) is 0 Å². The average Bonchev–Trinajstić information content (AvgIpc) is 2.91. The zero-order valence-corrected chi connectivity index (χ0v) is 10.8. The topological polar surface area (TPSA) is 50.8 Å². The Labute approximate surface area is 121 Å². The van der Waals surface area contributed by atoms with Crippen LogP contribution in [0.3, 0.4) is 0 Å². The number of hydrogen-bond donors (Lipinski definition) is 0. The summed E-state index contributed by atoms with van der Waals surface area (Å²) in [5, 5.41) is 5.85. The van der Waals surface area contributed by atoms with E-state index >= 15 is 0 Å². The van der Waals surface area contributed by atoms with Crippen LogP contribution in [0, 0.1) is 11.6 Å². The number of rotatable bonds is 3. The first-order valence-corrected chi connectivity index (χ1v) is 6.07. The summed E-state index contributed by atoms with van der Waals surface area (Å²) in [4.78, 5) is 3.61. The quantitative estimate of drug-likeness (QED) is 0.391. The maximum absolute atomic E-state index is 13.9. The van der Waals surface area contributed by atoms with Gasteiger partial charge in [-0.1, -0.05) is 12.1 Å². The molecule has 0 amide bonds. The molecule has 0 bridgehead atoms. The minimum Gasteiger partial charge on any atom is -0.433 e. The Morgan fingerprint density at radius 2 is 1.82 bits per heavy atom. The van der Waals surface area contributed by atoms with Gasteiger partial charge in [-0.3, -0.25) is 0 Å². The van der Waals surface area contributed by atoms with Gasteiger partial charge in [0.25, 0.3) is 5.89 Å². The van der Waals surface area contributed by atoms with Gasteiger partial charge >= 0.3 is 6.05 Å². The first-order chi connectivity index (χ1) is 10.5. The number of aromatic nitrogens is 1. The Morgan fingerprint density at radius 1 is 1.05 bits per heavy atom. The van der Waals surface area contributed by atoms with Gasteiger partial charge in [-0.25, -0.2) is 13.8 Å². The van der Waals surface area contributed by atoms with E-state index in [9.17, 15) is 17.6 Å². The van der Waals surface area contributed by atoms with E-state index in [1.165, 1.54) is 12.1 Å². The number of fused-ring (bicyclic) bond motifs is 1. The molecule has 0 N–H and O–H groups in total. The molecule has 4 nitrogen and oxygen atoms in total.